The molecule has 1 N–H and O–H groups in total. The highest BCUT2D eigenvalue weighted by Crippen LogP contribution is 2.21. The van der Waals surface area contributed by atoms with Crippen molar-refractivity contribution in [1.82, 2.24) is 15.5 Å². The molecule has 1 aliphatic rings. The Bertz CT molecular complexity index is 532. The van der Waals surface area contributed by atoms with Gasteiger partial charge < -0.3 is 9.84 Å². The number of hydrogen-bond donors (Lipinski definition) is 1. The van der Waals surface area contributed by atoms with Crippen LogP contribution in [-0.2, 0) is 6.42 Å². The minimum absolute atomic E-state index is 0.184. The zero-order valence-corrected chi connectivity index (χ0v) is 10.6. The van der Waals surface area contributed by atoms with Gasteiger partial charge in [-0.15, -0.1) is 0 Å². The molecule has 0 spiro atoms. The Balaban J connectivity index is 1.68. The molecule has 1 saturated heterocycles. The standard InChI is InChI=1S/C14H16FN3O/c15-11-6-4-10(5-7-11)9-13-17-14(19-18-13)12-3-1-2-8-16-12/h4-7,12,16H,1-3,8-9H2. The number of rotatable bonds is 3. The molecule has 0 aliphatic carbocycles. The van der Waals surface area contributed by atoms with E-state index in [4.69, 9.17) is 4.52 Å². The third kappa shape index (κ3) is 2.98. The van der Waals surface area contributed by atoms with Gasteiger partial charge in [0.1, 0.15) is 5.82 Å². The molecule has 19 heavy (non-hydrogen) atoms. The Morgan fingerprint density at radius 2 is 2.11 bits per heavy atom. The molecule has 0 radical (unpaired) electrons. The molecular weight excluding hydrogens is 245 g/mol. The minimum atomic E-state index is -0.232. The van der Waals surface area contributed by atoms with Crippen molar-refractivity contribution in [3.63, 3.8) is 0 Å². The van der Waals surface area contributed by atoms with Crippen LogP contribution in [0, 0.1) is 5.82 Å². The molecule has 1 aromatic heterocycles. The van der Waals surface area contributed by atoms with E-state index in [1.54, 1.807) is 12.1 Å². The van der Waals surface area contributed by atoms with Crippen LogP contribution in [0.25, 0.3) is 0 Å². The van der Waals surface area contributed by atoms with Gasteiger partial charge in [-0.3, -0.25) is 0 Å². The summed E-state index contributed by atoms with van der Waals surface area (Å²) in [7, 11) is 0. The molecule has 4 nitrogen and oxygen atoms in total. The Morgan fingerprint density at radius 3 is 2.84 bits per heavy atom. The zero-order chi connectivity index (χ0) is 13.1. The summed E-state index contributed by atoms with van der Waals surface area (Å²) in [4.78, 5) is 4.42. The van der Waals surface area contributed by atoms with Gasteiger partial charge in [0.2, 0.25) is 5.89 Å². The fourth-order valence-corrected chi connectivity index (χ4v) is 2.33. The van der Waals surface area contributed by atoms with Crippen molar-refractivity contribution in [2.24, 2.45) is 0 Å². The molecule has 100 valence electrons. The topological polar surface area (TPSA) is 51.0 Å². The normalized spacial score (nSPS) is 19.5. The van der Waals surface area contributed by atoms with Gasteiger partial charge in [-0.05, 0) is 37.1 Å². The Labute approximate surface area is 111 Å². The van der Waals surface area contributed by atoms with Gasteiger partial charge in [0.15, 0.2) is 5.82 Å². The van der Waals surface area contributed by atoms with E-state index in [9.17, 15) is 4.39 Å². The van der Waals surface area contributed by atoms with Crippen LogP contribution in [0.5, 0.6) is 0 Å². The number of nitrogens with zero attached hydrogens (tertiary/aromatic N) is 2. The van der Waals surface area contributed by atoms with Crippen LogP contribution in [0.2, 0.25) is 0 Å². The van der Waals surface area contributed by atoms with E-state index in [1.807, 2.05) is 0 Å². The highest BCUT2D eigenvalue weighted by molar-refractivity contribution is 5.19. The van der Waals surface area contributed by atoms with E-state index in [-0.39, 0.29) is 11.9 Å². The van der Waals surface area contributed by atoms with Crippen molar-refractivity contribution in [2.75, 3.05) is 6.54 Å². The predicted octanol–water partition coefficient (Wildman–Crippen LogP) is 2.61. The molecule has 2 aromatic rings. The predicted molar refractivity (Wildman–Crippen MR) is 68.1 cm³/mol. The van der Waals surface area contributed by atoms with Crippen molar-refractivity contribution in [2.45, 2.75) is 31.7 Å². The van der Waals surface area contributed by atoms with Crippen molar-refractivity contribution in [1.29, 1.82) is 0 Å². The first-order valence-corrected chi connectivity index (χ1v) is 6.61. The first kappa shape index (κ1) is 12.3. The van der Waals surface area contributed by atoms with Crippen LogP contribution >= 0.6 is 0 Å². The molecule has 0 saturated carbocycles. The summed E-state index contributed by atoms with van der Waals surface area (Å²) in [6.07, 6.45) is 4.00. The maximum absolute atomic E-state index is 12.8. The van der Waals surface area contributed by atoms with Gasteiger partial charge in [-0.1, -0.05) is 23.7 Å². The van der Waals surface area contributed by atoms with Gasteiger partial charge >= 0.3 is 0 Å². The lowest BCUT2D eigenvalue weighted by atomic mass is 10.1. The number of aromatic nitrogens is 2. The van der Waals surface area contributed by atoms with Gasteiger partial charge in [-0.2, -0.15) is 4.98 Å². The fraction of sp³-hybridized carbons (Fsp3) is 0.429. The average molecular weight is 261 g/mol. The summed E-state index contributed by atoms with van der Waals surface area (Å²) in [6, 6.07) is 6.55. The molecule has 1 aliphatic heterocycles. The van der Waals surface area contributed by atoms with E-state index in [1.165, 1.54) is 25.0 Å². The van der Waals surface area contributed by atoms with E-state index in [2.05, 4.69) is 15.5 Å². The fourth-order valence-electron chi connectivity index (χ4n) is 2.33. The summed E-state index contributed by atoms with van der Waals surface area (Å²) in [5, 5.41) is 7.36. The lowest BCUT2D eigenvalue weighted by molar-refractivity contribution is 0.296. The SMILES string of the molecule is Fc1ccc(Cc2noc(C3CCCCN3)n2)cc1. The number of halogens is 1. The van der Waals surface area contributed by atoms with E-state index in [0.29, 0.717) is 18.1 Å². The number of nitrogens with one attached hydrogen (secondary N) is 1. The van der Waals surface area contributed by atoms with Crippen molar-refractivity contribution in [3.8, 4) is 0 Å². The second-order valence-corrected chi connectivity index (χ2v) is 4.85. The zero-order valence-electron chi connectivity index (χ0n) is 10.6. The van der Waals surface area contributed by atoms with Crippen LogP contribution < -0.4 is 5.32 Å². The summed E-state index contributed by atoms with van der Waals surface area (Å²) >= 11 is 0. The highest BCUT2D eigenvalue weighted by Gasteiger charge is 2.20. The number of benzene rings is 1. The molecule has 1 unspecified atom stereocenters. The van der Waals surface area contributed by atoms with E-state index in [0.717, 1.165) is 18.5 Å². The van der Waals surface area contributed by atoms with E-state index >= 15 is 0 Å². The third-order valence-electron chi connectivity index (χ3n) is 3.37. The van der Waals surface area contributed by atoms with Crippen LogP contribution in [0.15, 0.2) is 28.8 Å². The van der Waals surface area contributed by atoms with Crippen LogP contribution in [0.3, 0.4) is 0 Å². The lowest BCUT2D eigenvalue weighted by Crippen LogP contribution is -2.27. The molecule has 5 heteroatoms. The highest BCUT2D eigenvalue weighted by atomic mass is 19.1. The molecule has 0 bridgehead atoms. The maximum atomic E-state index is 12.8. The Morgan fingerprint density at radius 1 is 1.26 bits per heavy atom. The second-order valence-electron chi connectivity index (χ2n) is 4.85. The molecule has 1 atom stereocenters. The summed E-state index contributed by atoms with van der Waals surface area (Å²) < 4.78 is 18.1. The number of piperidine rings is 1. The molecule has 1 aromatic carbocycles. The molecule has 3 rings (SSSR count). The molecule has 0 amide bonds. The van der Waals surface area contributed by atoms with Crippen molar-refractivity contribution >= 4 is 0 Å². The third-order valence-corrected chi connectivity index (χ3v) is 3.37. The Kier molecular flexibility index (Phi) is 3.55. The summed E-state index contributed by atoms with van der Waals surface area (Å²) in [6.45, 7) is 1.00. The summed E-state index contributed by atoms with van der Waals surface area (Å²) in [5.41, 5.74) is 0.977. The van der Waals surface area contributed by atoms with Gasteiger partial charge in [0.25, 0.3) is 0 Å². The van der Waals surface area contributed by atoms with Crippen LogP contribution in [-0.4, -0.2) is 16.7 Å². The first-order valence-electron chi connectivity index (χ1n) is 6.61. The first-order chi connectivity index (χ1) is 9.31. The molecule has 1 fully saturated rings. The molecule has 2 heterocycles. The summed E-state index contributed by atoms with van der Waals surface area (Å²) in [5.74, 6) is 1.08. The van der Waals surface area contributed by atoms with Gasteiger partial charge in [0, 0.05) is 6.42 Å². The average Bonchev–Trinajstić information content (AvgIpc) is 2.91. The number of hydrogen-bond acceptors (Lipinski definition) is 4. The minimum Gasteiger partial charge on any atom is -0.338 e. The largest absolute Gasteiger partial charge is 0.338 e. The smallest absolute Gasteiger partial charge is 0.243 e. The quantitative estimate of drug-likeness (QED) is 0.922. The molecular formula is C14H16FN3O. The van der Waals surface area contributed by atoms with E-state index < -0.39 is 0 Å². The van der Waals surface area contributed by atoms with Crippen molar-refractivity contribution < 1.29 is 8.91 Å². The monoisotopic (exact) mass is 261 g/mol. The lowest BCUT2D eigenvalue weighted by Gasteiger charge is -2.19. The van der Waals surface area contributed by atoms with Gasteiger partial charge in [0.05, 0.1) is 6.04 Å². The Hall–Kier alpha value is -1.75. The van der Waals surface area contributed by atoms with Crippen molar-refractivity contribution in [3.05, 3.63) is 47.4 Å². The maximum Gasteiger partial charge on any atom is 0.243 e. The van der Waals surface area contributed by atoms with Crippen LogP contribution in [0.4, 0.5) is 4.39 Å². The second kappa shape index (κ2) is 5.48. The van der Waals surface area contributed by atoms with Gasteiger partial charge in [-0.25, -0.2) is 4.39 Å². The van der Waals surface area contributed by atoms with Crippen LogP contribution in [0.1, 0.15) is 42.6 Å².